The first-order valence-corrected chi connectivity index (χ1v) is 8.96. The summed E-state index contributed by atoms with van der Waals surface area (Å²) in [7, 11) is 3.06. The summed E-state index contributed by atoms with van der Waals surface area (Å²) in [6, 6.07) is 15.5. The van der Waals surface area contributed by atoms with Gasteiger partial charge in [-0.15, -0.1) is 24.0 Å². The molecule has 29 heavy (non-hydrogen) atoms. The van der Waals surface area contributed by atoms with Crippen molar-refractivity contribution in [2.24, 2.45) is 4.99 Å². The Hall–Kier alpha value is -2.75. The molecule has 0 unspecified atom stereocenters. The summed E-state index contributed by atoms with van der Waals surface area (Å²) in [5.41, 5.74) is 3.75. The largest absolute Gasteiger partial charge is 0.459 e. The van der Waals surface area contributed by atoms with Gasteiger partial charge in [-0.05, 0) is 30.7 Å². The van der Waals surface area contributed by atoms with E-state index < -0.39 is 6.09 Å². The number of hydrogen-bond donors (Lipinski definition) is 3. The van der Waals surface area contributed by atoms with Crippen LogP contribution in [-0.4, -0.2) is 26.2 Å². The molecule has 3 aromatic rings. The number of methoxy groups -OCH3 is 1. The maximum Gasteiger partial charge on any atom is 0.411 e. The Morgan fingerprint density at radius 3 is 2.41 bits per heavy atom. The van der Waals surface area contributed by atoms with Crippen LogP contribution in [0, 0.1) is 6.92 Å². The van der Waals surface area contributed by atoms with Crippen LogP contribution < -0.4 is 16.0 Å². The first kappa shape index (κ1) is 22.5. The second kappa shape index (κ2) is 10.7. The number of carbonyl (C=O) groups excluding carboxylic acids is 1. The molecule has 1 aromatic heterocycles. The highest BCUT2D eigenvalue weighted by Crippen LogP contribution is 2.24. The lowest BCUT2D eigenvalue weighted by molar-refractivity contribution is 0.187. The number of halogens is 1. The van der Waals surface area contributed by atoms with E-state index in [2.05, 4.69) is 38.7 Å². The summed E-state index contributed by atoms with van der Waals surface area (Å²) >= 11 is 0. The molecule has 2 aromatic carbocycles. The number of aliphatic imine (C=N–C) groups is 1. The van der Waals surface area contributed by atoms with E-state index >= 15 is 0 Å². The van der Waals surface area contributed by atoms with Gasteiger partial charge in [0, 0.05) is 30.2 Å². The van der Waals surface area contributed by atoms with Crippen LogP contribution in [0.4, 0.5) is 10.5 Å². The molecule has 0 bridgehead atoms. The third-order valence-electron chi connectivity index (χ3n) is 4.43. The molecule has 1 amide bonds. The van der Waals surface area contributed by atoms with Crippen molar-refractivity contribution in [2.45, 2.75) is 20.0 Å². The fourth-order valence-electron chi connectivity index (χ4n) is 2.84. The number of rotatable bonds is 5. The molecule has 154 valence electrons. The number of para-hydroxylation sites is 1. The number of hydrogen-bond acceptors (Lipinski definition) is 4. The molecule has 3 N–H and O–H groups in total. The van der Waals surface area contributed by atoms with Crippen LogP contribution in [0.3, 0.4) is 0 Å². The van der Waals surface area contributed by atoms with Gasteiger partial charge in [0.25, 0.3) is 0 Å². The third-order valence-corrected chi connectivity index (χ3v) is 4.43. The van der Waals surface area contributed by atoms with Crippen molar-refractivity contribution in [3.63, 3.8) is 0 Å². The van der Waals surface area contributed by atoms with Crippen molar-refractivity contribution in [1.82, 2.24) is 10.6 Å². The van der Waals surface area contributed by atoms with Gasteiger partial charge < -0.3 is 19.8 Å². The molecular weight excluding hydrogens is 483 g/mol. The first-order valence-electron chi connectivity index (χ1n) is 8.96. The van der Waals surface area contributed by atoms with Gasteiger partial charge in [0.15, 0.2) is 5.96 Å². The standard InChI is InChI=1S/C21H24N4O3.HI/c1-14-17-6-4-5-7-18(17)28-19(14)13-24-20(22-2)23-12-15-8-10-16(11-9-15)25-21(26)27-3;/h4-11H,12-13H2,1-3H3,(H,25,26)(H2,22,23,24);1H. The van der Waals surface area contributed by atoms with Gasteiger partial charge in [0.05, 0.1) is 13.7 Å². The highest BCUT2D eigenvalue weighted by atomic mass is 127. The van der Waals surface area contributed by atoms with Crippen molar-refractivity contribution in [3.8, 4) is 0 Å². The molecular formula is C21H25IN4O3. The van der Waals surface area contributed by atoms with E-state index in [1.165, 1.54) is 7.11 Å². The first-order chi connectivity index (χ1) is 13.6. The molecule has 3 rings (SSSR count). The Morgan fingerprint density at radius 1 is 1.07 bits per heavy atom. The number of fused-ring (bicyclic) bond motifs is 1. The van der Waals surface area contributed by atoms with Gasteiger partial charge >= 0.3 is 6.09 Å². The van der Waals surface area contributed by atoms with Gasteiger partial charge in [-0.3, -0.25) is 10.3 Å². The van der Waals surface area contributed by atoms with Crippen LogP contribution in [-0.2, 0) is 17.8 Å². The predicted molar refractivity (Wildman–Crippen MR) is 126 cm³/mol. The molecule has 0 aliphatic carbocycles. The monoisotopic (exact) mass is 508 g/mol. The number of ether oxygens (including phenoxy) is 1. The van der Waals surface area contributed by atoms with Gasteiger partial charge in [0.1, 0.15) is 11.3 Å². The number of aryl methyl sites for hydroxylation is 1. The number of nitrogens with one attached hydrogen (secondary N) is 3. The number of amides is 1. The fraction of sp³-hybridized carbons (Fsp3) is 0.238. The average Bonchev–Trinajstić information content (AvgIpc) is 3.05. The summed E-state index contributed by atoms with van der Waals surface area (Å²) in [5.74, 6) is 1.57. The van der Waals surface area contributed by atoms with Crippen LogP contribution in [0.2, 0.25) is 0 Å². The Kier molecular flexibility index (Phi) is 8.32. The molecule has 0 aliphatic rings. The van der Waals surface area contributed by atoms with Crippen molar-refractivity contribution in [1.29, 1.82) is 0 Å². The minimum absolute atomic E-state index is 0. The molecule has 8 heteroatoms. The molecule has 0 atom stereocenters. The Labute approximate surface area is 186 Å². The van der Waals surface area contributed by atoms with E-state index in [0.717, 1.165) is 27.9 Å². The number of anilines is 1. The molecule has 0 radical (unpaired) electrons. The highest BCUT2D eigenvalue weighted by Gasteiger charge is 2.10. The summed E-state index contributed by atoms with van der Waals surface area (Å²) in [6.45, 7) is 3.20. The van der Waals surface area contributed by atoms with Crippen molar-refractivity contribution in [2.75, 3.05) is 19.5 Å². The Balaban J connectivity index is 0.00000300. The SMILES string of the molecule is CN=C(NCc1ccc(NC(=O)OC)cc1)NCc1oc2ccccc2c1C.I. The van der Waals surface area contributed by atoms with Crippen LogP contribution >= 0.6 is 24.0 Å². The summed E-state index contributed by atoms with van der Waals surface area (Å²) in [6.07, 6.45) is -0.489. The molecule has 0 fully saturated rings. The average molecular weight is 508 g/mol. The topological polar surface area (TPSA) is 87.9 Å². The molecule has 7 nitrogen and oxygen atoms in total. The quantitative estimate of drug-likeness (QED) is 0.270. The smallest absolute Gasteiger partial charge is 0.411 e. The van der Waals surface area contributed by atoms with Crippen LogP contribution in [0.5, 0.6) is 0 Å². The molecule has 0 spiro atoms. The molecule has 0 aliphatic heterocycles. The van der Waals surface area contributed by atoms with E-state index in [1.54, 1.807) is 7.05 Å². The zero-order valence-corrected chi connectivity index (χ0v) is 18.9. The van der Waals surface area contributed by atoms with E-state index in [9.17, 15) is 4.79 Å². The maximum absolute atomic E-state index is 11.2. The van der Waals surface area contributed by atoms with Crippen LogP contribution in [0.25, 0.3) is 11.0 Å². The number of nitrogens with zero attached hydrogens (tertiary/aromatic N) is 1. The summed E-state index contributed by atoms with van der Waals surface area (Å²) in [5, 5.41) is 10.3. The van der Waals surface area contributed by atoms with Gasteiger partial charge in [-0.1, -0.05) is 30.3 Å². The zero-order valence-electron chi connectivity index (χ0n) is 16.6. The molecule has 0 saturated heterocycles. The van der Waals surface area contributed by atoms with Crippen molar-refractivity contribution < 1.29 is 13.9 Å². The number of benzene rings is 2. The number of furan rings is 1. The predicted octanol–water partition coefficient (Wildman–Crippen LogP) is 4.40. The second-order valence-corrected chi connectivity index (χ2v) is 6.24. The second-order valence-electron chi connectivity index (χ2n) is 6.24. The molecule has 1 heterocycles. The summed E-state index contributed by atoms with van der Waals surface area (Å²) < 4.78 is 10.5. The fourth-order valence-corrected chi connectivity index (χ4v) is 2.84. The van der Waals surface area contributed by atoms with E-state index in [4.69, 9.17) is 4.42 Å². The Morgan fingerprint density at radius 2 is 1.76 bits per heavy atom. The van der Waals surface area contributed by atoms with E-state index in [-0.39, 0.29) is 24.0 Å². The van der Waals surface area contributed by atoms with E-state index in [0.29, 0.717) is 24.7 Å². The van der Waals surface area contributed by atoms with Crippen molar-refractivity contribution >= 4 is 52.7 Å². The van der Waals surface area contributed by atoms with Gasteiger partial charge in [-0.2, -0.15) is 0 Å². The lowest BCUT2D eigenvalue weighted by atomic mass is 10.1. The summed E-state index contributed by atoms with van der Waals surface area (Å²) in [4.78, 5) is 15.5. The zero-order chi connectivity index (χ0) is 19.9. The highest BCUT2D eigenvalue weighted by molar-refractivity contribution is 14.0. The normalized spacial score (nSPS) is 10.9. The third kappa shape index (κ3) is 5.86. The van der Waals surface area contributed by atoms with Crippen molar-refractivity contribution in [3.05, 3.63) is 65.4 Å². The van der Waals surface area contributed by atoms with Gasteiger partial charge in [0.2, 0.25) is 0 Å². The van der Waals surface area contributed by atoms with Crippen LogP contribution in [0.15, 0.2) is 57.9 Å². The van der Waals surface area contributed by atoms with Crippen LogP contribution in [0.1, 0.15) is 16.9 Å². The lowest BCUT2D eigenvalue weighted by Gasteiger charge is -2.12. The molecule has 0 saturated carbocycles. The number of guanidine groups is 1. The minimum atomic E-state index is -0.489. The minimum Gasteiger partial charge on any atom is -0.459 e. The van der Waals surface area contributed by atoms with E-state index in [1.807, 2.05) is 42.5 Å². The lowest BCUT2D eigenvalue weighted by Crippen LogP contribution is -2.36. The maximum atomic E-state index is 11.2. The number of carbonyl (C=O) groups is 1. The Bertz CT molecular complexity index is 983. The van der Waals surface area contributed by atoms with Gasteiger partial charge in [-0.25, -0.2) is 4.79 Å².